The molecule has 0 aromatic heterocycles. The first kappa shape index (κ1) is 22.7. The zero-order chi connectivity index (χ0) is 21.8. The second-order valence-corrected chi connectivity index (χ2v) is 8.15. The van der Waals surface area contributed by atoms with E-state index in [2.05, 4.69) is 10.1 Å². The molecule has 1 amide bonds. The molecule has 6 nitrogen and oxygen atoms in total. The third-order valence-corrected chi connectivity index (χ3v) is 6.07. The standard InChI is InChI=1S/C19H21F3N2O4S/c1-4-24(12-17(25)23-18-13(2)8-7-9-14(18)3)29(26,27)16-11-6-5-10-15(16)28-19(20,21)22/h5-11H,4,12H2,1-3H3,(H,23,25). The average Bonchev–Trinajstić information content (AvgIpc) is 2.61. The van der Waals surface area contributed by atoms with Crippen molar-refractivity contribution >= 4 is 21.6 Å². The number of benzene rings is 2. The number of nitrogens with zero attached hydrogens (tertiary/aromatic N) is 1. The van der Waals surface area contributed by atoms with Crippen molar-refractivity contribution in [2.75, 3.05) is 18.4 Å². The maximum absolute atomic E-state index is 12.9. The zero-order valence-electron chi connectivity index (χ0n) is 16.1. The lowest BCUT2D eigenvalue weighted by Gasteiger charge is -2.22. The fraction of sp³-hybridized carbons (Fsp3) is 0.316. The van der Waals surface area contributed by atoms with Gasteiger partial charge in [-0.2, -0.15) is 4.31 Å². The number of aryl methyl sites for hydroxylation is 2. The minimum Gasteiger partial charge on any atom is -0.404 e. The molecule has 0 bridgehead atoms. The van der Waals surface area contributed by atoms with E-state index in [1.165, 1.54) is 19.1 Å². The van der Waals surface area contributed by atoms with Crippen LogP contribution in [0.3, 0.4) is 0 Å². The molecule has 0 aliphatic heterocycles. The van der Waals surface area contributed by atoms with Crippen LogP contribution in [0.15, 0.2) is 47.4 Å². The minimum atomic E-state index is -5.05. The molecule has 0 aliphatic carbocycles. The number of nitrogens with one attached hydrogen (secondary N) is 1. The Morgan fingerprint density at radius 1 is 1.07 bits per heavy atom. The SMILES string of the molecule is CCN(CC(=O)Nc1c(C)cccc1C)S(=O)(=O)c1ccccc1OC(F)(F)F. The van der Waals surface area contributed by atoms with E-state index in [-0.39, 0.29) is 6.54 Å². The van der Waals surface area contributed by atoms with Crippen molar-refractivity contribution in [2.24, 2.45) is 0 Å². The smallest absolute Gasteiger partial charge is 0.404 e. The highest BCUT2D eigenvalue weighted by molar-refractivity contribution is 7.89. The molecule has 2 aromatic carbocycles. The van der Waals surface area contributed by atoms with Gasteiger partial charge in [-0.15, -0.1) is 13.2 Å². The minimum absolute atomic E-state index is 0.122. The van der Waals surface area contributed by atoms with Gasteiger partial charge in [0.25, 0.3) is 0 Å². The third kappa shape index (κ3) is 5.70. The van der Waals surface area contributed by atoms with Gasteiger partial charge >= 0.3 is 6.36 Å². The Morgan fingerprint density at radius 3 is 2.21 bits per heavy atom. The number of ether oxygens (including phenoxy) is 1. The summed E-state index contributed by atoms with van der Waals surface area (Å²) in [6, 6.07) is 9.82. The molecule has 0 aliphatic rings. The van der Waals surface area contributed by atoms with Gasteiger partial charge in [-0.25, -0.2) is 8.42 Å². The first-order valence-corrected chi connectivity index (χ1v) is 10.1. The molecule has 158 valence electrons. The van der Waals surface area contributed by atoms with Crippen LogP contribution in [-0.2, 0) is 14.8 Å². The molecule has 0 spiro atoms. The van der Waals surface area contributed by atoms with Gasteiger partial charge in [0.1, 0.15) is 10.6 Å². The molecule has 0 saturated heterocycles. The lowest BCUT2D eigenvalue weighted by molar-refractivity contribution is -0.275. The van der Waals surface area contributed by atoms with Crippen LogP contribution in [0.1, 0.15) is 18.1 Å². The van der Waals surface area contributed by atoms with E-state index in [1.54, 1.807) is 26.0 Å². The van der Waals surface area contributed by atoms with Crippen molar-refractivity contribution in [2.45, 2.75) is 32.0 Å². The van der Waals surface area contributed by atoms with Crippen molar-refractivity contribution < 1.29 is 31.1 Å². The Hall–Kier alpha value is -2.59. The number of halogens is 3. The van der Waals surface area contributed by atoms with E-state index in [0.717, 1.165) is 27.6 Å². The van der Waals surface area contributed by atoms with E-state index in [4.69, 9.17) is 0 Å². The molecular weight excluding hydrogens is 409 g/mol. The van der Waals surface area contributed by atoms with E-state index in [9.17, 15) is 26.4 Å². The molecule has 0 unspecified atom stereocenters. The largest absolute Gasteiger partial charge is 0.573 e. The van der Waals surface area contributed by atoms with Crippen LogP contribution in [0.5, 0.6) is 5.75 Å². The van der Waals surface area contributed by atoms with E-state index in [1.807, 2.05) is 6.07 Å². The van der Waals surface area contributed by atoms with Gasteiger partial charge in [0, 0.05) is 12.2 Å². The van der Waals surface area contributed by atoms with Gasteiger partial charge in [-0.05, 0) is 37.1 Å². The lowest BCUT2D eigenvalue weighted by Crippen LogP contribution is -2.38. The number of alkyl halides is 3. The number of amides is 1. The van der Waals surface area contributed by atoms with Crippen LogP contribution in [-0.4, -0.2) is 38.1 Å². The summed E-state index contributed by atoms with van der Waals surface area (Å²) in [5.41, 5.74) is 2.16. The summed E-state index contributed by atoms with van der Waals surface area (Å²) in [5.74, 6) is -1.46. The zero-order valence-corrected chi connectivity index (χ0v) is 16.9. The highest BCUT2D eigenvalue weighted by Crippen LogP contribution is 2.31. The number of carbonyl (C=O) groups is 1. The van der Waals surface area contributed by atoms with Crippen molar-refractivity contribution in [3.63, 3.8) is 0 Å². The quantitative estimate of drug-likeness (QED) is 0.724. The van der Waals surface area contributed by atoms with Crippen molar-refractivity contribution in [3.05, 3.63) is 53.6 Å². The van der Waals surface area contributed by atoms with E-state index in [0.29, 0.717) is 5.69 Å². The monoisotopic (exact) mass is 430 g/mol. The number of anilines is 1. The lowest BCUT2D eigenvalue weighted by atomic mass is 10.1. The van der Waals surface area contributed by atoms with Gasteiger partial charge in [0.05, 0.1) is 6.54 Å². The fourth-order valence-electron chi connectivity index (χ4n) is 2.73. The van der Waals surface area contributed by atoms with E-state index >= 15 is 0 Å². The molecular formula is C19H21F3N2O4S. The number of rotatable bonds is 7. The number of carbonyl (C=O) groups excluding carboxylic acids is 1. The topological polar surface area (TPSA) is 75.7 Å². The third-order valence-electron chi connectivity index (χ3n) is 4.11. The molecule has 0 atom stereocenters. The maximum atomic E-state index is 12.9. The van der Waals surface area contributed by atoms with Gasteiger partial charge in [-0.1, -0.05) is 37.3 Å². The number of para-hydroxylation sites is 2. The second kappa shape index (κ2) is 8.83. The van der Waals surface area contributed by atoms with E-state index < -0.39 is 39.5 Å². The molecule has 2 rings (SSSR count). The predicted molar refractivity (Wildman–Crippen MR) is 102 cm³/mol. The highest BCUT2D eigenvalue weighted by atomic mass is 32.2. The summed E-state index contributed by atoms with van der Waals surface area (Å²) in [6.45, 7) is 4.39. The van der Waals surface area contributed by atoms with Crippen LogP contribution in [0.25, 0.3) is 0 Å². The van der Waals surface area contributed by atoms with Gasteiger partial charge < -0.3 is 10.1 Å². The molecule has 0 heterocycles. The summed E-state index contributed by atoms with van der Waals surface area (Å²) in [4.78, 5) is 11.8. The summed E-state index contributed by atoms with van der Waals surface area (Å²) in [7, 11) is -4.41. The molecule has 0 radical (unpaired) electrons. The maximum Gasteiger partial charge on any atom is 0.573 e. The predicted octanol–water partition coefficient (Wildman–Crippen LogP) is 3.85. The molecule has 0 saturated carbocycles. The number of hydrogen-bond acceptors (Lipinski definition) is 4. The molecule has 0 fully saturated rings. The normalized spacial score (nSPS) is 12.1. The van der Waals surface area contributed by atoms with Crippen LogP contribution in [0.4, 0.5) is 18.9 Å². The van der Waals surface area contributed by atoms with Gasteiger partial charge in [0.2, 0.25) is 15.9 Å². The van der Waals surface area contributed by atoms with Crippen LogP contribution in [0, 0.1) is 13.8 Å². The number of sulfonamides is 1. The molecule has 10 heteroatoms. The van der Waals surface area contributed by atoms with Crippen LogP contribution >= 0.6 is 0 Å². The van der Waals surface area contributed by atoms with Gasteiger partial charge in [0.15, 0.2) is 0 Å². The van der Waals surface area contributed by atoms with Gasteiger partial charge in [-0.3, -0.25) is 4.79 Å². The Morgan fingerprint density at radius 2 is 1.66 bits per heavy atom. The number of hydrogen-bond donors (Lipinski definition) is 1. The molecule has 1 N–H and O–H groups in total. The summed E-state index contributed by atoms with van der Waals surface area (Å²) >= 11 is 0. The summed E-state index contributed by atoms with van der Waals surface area (Å²) in [6.07, 6.45) is -5.05. The average molecular weight is 430 g/mol. The van der Waals surface area contributed by atoms with Crippen LogP contribution < -0.4 is 10.1 Å². The van der Waals surface area contributed by atoms with Crippen molar-refractivity contribution in [3.8, 4) is 5.75 Å². The molecule has 29 heavy (non-hydrogen) atoms. The Balaban J connectivity index is 2.28. The Bertz CT molecular complexity index is 971. The van der Waals surface area contributed by atoms with Crippen LogP contribution in [0.2, 0.25) is 0 Å². The fourth-order valence-corrected chi connectivity index (χ4v) is 4.25. The van der Waals surface area contributed by atoms with Crippen molar-refractivity contribution in [1.82, 2.24) is 4.31 Å². The van der Waals surface area contributed by atoms with Crippen molar-refractivity contribution in [1.29, 1.82) is 0 Å². The molecule has 2 aromatic rings. The summed E-state index contributed by atoms with van der Waals surface area (Å²) in [5, 5.41) is 2.66. The summed E-state index contributed by atoms with van der Waals surface area (Å²) < 4.78 is 68.3. The second-order valence-electron chi connectivity index (χ2n) is 6.24. The Labute approximate surface area is 167 Å². The Kier molecular flexibility index (Phi) is 6.91. The first-order chi connectivity index (χ1) is 13.5. The first-order valence-electron chi connectivity index (χ1n) is 8.66. The number of likely N-dealkylation sites (N-methyl/N-ethyl adjacent to an activating group) is 1. The highest BCUT2D eigenvalue weighted by Gasteiger charge is 2.35.